The van der Waals surface area contributed by atoms with E-state index in [1.165, 1.54) is 35.3 Å². The van der Waals surface area contributed by atoms with Gasteiger partial charge in [0.2, 0.25) is 0 Å². The van der Waals surface area contributed by atoms with Crippen LogP contribution in [0.3, 0.4) is 0 Å². The molecule has 0 fully saturated rings. The van der Waals surface area contributed by atoms with E-state index in [1.807, 2.05) is 19.9 Å². The van der Waals surface area contributed by atoms with E-state index in [9.17, 15) is 23.1 Å². The Morgan fingerprint density at radius 1 is 1.04 bits per heavy atom. The fraction of sp³-hybridized carbons (Fsp3) is 0.500. The van der Waals surface area contributed by atoms with Crippen LogP contribution >= 0.6 is 11.6 Å². The van der Waals surface area contributed by atoms with E-state index >= 15 is 0 Å². The quantitative estimate of drug-likeness (QED) is 0.233. The molecule has 10 nitrogen and oxygen atoms in total. The predicted molar refractivity (Wildman–Crippen MR) is 172 cm³/mol. The highest BCUT2D eigenvalue weighted by molar-refractivity contribution is 6.59. The molecule has 1 atom stereocenters. The van der Waals surface area contributed by atoms with Crippen molar-refractivity contribution < 1.29 is 18.3 Å². The van der Waals surface area contributed by atoms with Crippen LogP contribution in [0.5, 0.6) is 0 Å². The number of aliphatic hydroxyl groups is 1. The Morgan fingerprint density at radius 3 is 2.22 bits per heavy atom. The monoisotopic (exact) mass is 666 g/mol. The molecule has 3 heterocycles. The number of aryl methyl sites for hydroxylation is 1. The summed E-state index contributed by atoms with van der Waals surface area (Å²) in [6.07, 6.45) is -1.53. The summed E-state index contributed by atoms with van der Waals surface area (Å²) in [6, 6.07) is 7.94. The van der Waals surface area contributed by atoms with Crippen molar-refractivity contribution in [1.29, 1.82) is 0 Å². The van der Waals surface area contributed by atoms with Crippen LogP contribution < -0.4 is 11.4 Å². The standard InChI is InChI=1S/C24H26ClF3N8O2.C6H16Si/c1-23(2,29)9-7-15-8-10-30-11-18(15)36-14-31-20(32-36)13-35-22(38)34(12-19(37)24(26,27)28)21(33-35)16-3-5-17(25)6-4-16;1-6(2,3)7(4)5/h3-6,8,10-11,14,19,37H,7,9,12-13,29H2,1-2H3;7H,1-5H3/t19-;/m0./s1. The van der Waals surface area contributed by atoms with Crippen LogP contribution in [0.1, 0.15) is 52.4 Å². The van der Waals surface area contributed by atoms with Crippen molar-refractivity contribution in [3.05, 3.63) is 75.9 Å². The van der Waals surface area contributed by atoms with Gasteiger partial charge >= 0.3 is 11.9 Å². The minimum absolute atomic E-state index is 0.0617. The Labute approximate surface area is 267 Å². The fourth-order valence-electron chi connectivity index (χ4n) is 3.71. The van der Waals surface area contributed by atoms with Crippen LogP contribution in [0.25, 0.3) is 17.1 Å². The van der Waals surface area contributed by atoms with Crippen LogP contribution in [0, 0.1) is 0 Å². The smallest absolute Gasteiger partial charge is 0.382 e. The van der Waals surface area contributed by atoms with E-state index < -0.39 is 24.5 Å². The molecular weight excluding hydrogens is 625 g/mol. The summed E-state index contributed by atoms with van der Waals surface area (Å²) in [5.74, 6) is 0.137. The van der Waals surface area contributed by atoms with Gasteiger partial charge in [0.25, 0.3) is 0 Å². The summed E-state index contributed by atoms with van der Waals surface area (Å²) < 4.78 is 42.5. The maximum Gasteiger partial charge on any atom is 0.416 e. The number of pyridine rings is 1. The third-order valence-electron chi connectivity index (χ3n) is 7.49. The Kier molecular flexibility index (Phi) is 11.6. The Bertz CT molecular complexity index is 1600. The number of alkyl halides is 3. The Balaban J connectivity index is 0.000000707. The van der Waals surface area contributed by atoms with Crippen molar-refractivity contribution in [3.8, 4) is 17.1 Å². The van der Waals surface area contributed by atoms with Gasteiger partial charge in [-0.2, -0.15) is 13.2 Å². The van der Waals surface area contributed by atoms with Crippen molar-refractivity contribution in [3.63, 3.8) is 0 Å². The van der Waals surface area contributed by atoms with Gasteiger partial charge in [-0.05, 0) is 67.6 Å². The lowest BCUT2D eigenvalue weighted by Crippen LogP contribution is -2.37. The van der Waals surface area contributed by atoms with Crippen LogP contribution in [-0.4, -0.2) is 65.8 Å². The summed E-state index contributed by atoms with van der Waals surface area (Å²) in [5, 5.41) is 19.3. The summed E-state index contributed by atoms with van der Waals surface area (Å²) >= 11 is 5.92. The zero-order valence-electron chi connectivity index (χ0n) is 26.7. The molecular formula is C30H42ClF3N8O2Si. The molecule has 3 aromatic heterocycles. The van der Waals surface area contributed by atoms with E-state index in [4.69, 9.17) is 17.3 Å². The SMILES string of the molecule is CC(C)(N)CCc1ccncc1-n1cnc(Cn2nc(-c3ccc(Cl)cc3)n(C[C@H](O)C(F)(F)F)c2=O)n1.C[SiH](C)C(C)(C)C. The fourth-order valence-corrected chi connectivity index (χ4v) is 3.83. The zero-order valence-corrected chi connectivity index (χ0v) is 28.6. The number of benzene rings is 1. The number of aromatic nitrogens is 7. The van der Waals surface area contributed by atoms with Crippen LogP contribution in [-0.2, 0) is 19.5 Å². The van der Waals surface area contributed by atoms with Gasteiger partial charge in [-0.1, -0.05) is 45.5 Å². The highest BCUT2D eigenvalue weighted by atomic mass is 35.5. The first-order chi connectivity index (χ1) is 20.8. The van der Waals surface area contributed by atoms with Gasteiger partial charge in [-0.25, -0.2) is 19.1 Å². The van der Waals surface area contributed by atoms with Gasteiger partial charge in [0.1, 0.15) is 12.9 Å². The molecule has 0 aliphatic carbocycles. The molecule has 4 aromatic rings. The molecule has 45 heavy (non-hydrogen) atoms. The molecule has 0 amide bonds. The molecule has 0 spiro atoms. The lowest BCUT2D eigenvalue weighted by atomic mass is 9.96. The molecule has 0 bridgehead atoms. The number of rotatable bonds is 9. The zero-order chi connectivity index (χ0) is 33.7. The number of halogens is 4. The number of nitrogens with two attached hydrogens (primary N) is 1. The third-order valence-corrected chi connectivity index (χ3v) is 11.2. The Morgan fingerprint density at radius 2 is 1.67 bits per heavy atom. The van der Waals surface area contributed by atoms with Crippen LogP contribution in [0.15, 0.2) is 53.8 Å². The van der Waals surface area contributed by atoms with Crippen molar-refractivity contribution in [2.75, 3.05) is 0 Å². The van der Waals surface area contributed by atoms with Gasteiger partial charge in [-0.15, -0.1) is 10.2 Å². The van der Waals surface area contributed by atoms with Crippen molar-refractivity contribution >= 4 is 20.4 Å². The first-order valence-corrected chi connectivity index (χ1v) is 17.8. The molecule has 4 rings (SSSR count). The lowest BCUT2D eigenvalue weighted by Gasteiger charge is -2.21. The van der Waals surface area contributed by atoms with E-state index in [0.29, 0.717) is 27.7 Å². The summed E-state index contributed by atoms with van der Waals surface area (Å²) in [4.78, 5) is 21.5. The molecule has 0 saturated heterocycles. The number of aliphatic hydroxyl groups excluding tert-OH is 1. The molecule has 0 aliphatic heterocycles. The lowest BCUT2D eigenvalue weighted by molar-refractivity contribution is -0.207. The first-order valence-electron chi connectivity index (χ1n) is 14.6. The van der Waals surface area contributed by atoms with E-state index in [0.717, 1.165) is 21.2 Å². The second-order valence-corrected chi connectivity index (χ2v) is 17.5. The summed E-state index contributed by atoms with van der Waals surface area (Å²) in [5.41, 5.74) is 6.87. The molecule has 1 aromatic carbocycles. The van der Waals surface area contributed by atoms with Crippen molar-refractivity contribution in [2.45, 2.75) is 96.5 Å². The van der Waals surface area contributed by atoms with Gasteiger partial charge < -0.3 is 10.8 Å². The van der Waals surface area contributed by atoms with Crippen molar-refractivity contribution in [1.82, 2.24) is 34.1 Å². The highest BCUT2D eigenvalue weighted by Crippen LogP contribution is 2.26. The van der Waals surface area contributed by atoms with Gasteiger partial charge in [0.15, 0.2) is 17.8 Å². The highest BCUT2D eigenvalue weighted by Gasteiger charge is 2.39. The van der Waals surface area contributed by atoms with Crippen LogP contribution in [0.2, 0.25) is 23.2 Å². The minimum atomic E-state index is -4.92. The molecule has 3 N–H and O–H groups in total. The number of hydrogen-bond donors (Lipinski definition) is 2. The summed E-state index contributed by atoms with van der Waals surface area (Å²) in [6.45, 7) is 14.4. The molecule has 15 heteroatoms. The van der Waals surface area contributed by atoms with Gasteiger partial charge in [0, 0.05) is 31.1 Å². The average Bonchev–Trinajstić information content (AvgIpc) is 3.52. The average molecular weight is 667 g/mol. The molecule has 0 saturated carbocycles. The molecule has 0 unspecified atom stereocenters. The first kappa shape index (κ1) is 36.1. The van der Waals surface area contributed by atoms with Crippen molar-refractivity contribution in [2.24, 2.45) is 5.73 Å². The second kappa shape index (κ2) is 14.4. The van der Waals surface area contributed by atoms with Gasteiger partial charge in [-0.3, -0.25) is 9.55 Å². The largest absolute Gasteiger partial charge is 0.416 e. The third kappa shape index (κ3) is 10.3. The van der Waals surface area contributed by atoms with Gasteiger partial charge in [0.05, 0.1) is 18.4 Å². The molecule has 0 radical (unpaired) electrons. The number of hydrogen-bond acceptors (Lipinski definition) is 7. The number of nitrogens with zero attached hydrogens (tertiary/aromatic N) is 7. The Hall–Kier alpha value is -3.33. The maximum atomic E-state index is 13.1. The predicted octanol–water partition coefficient (Wildman–Crippen LogP) is 5.26. The summed E-state index contributed by atoms with van der Waals surface area (Å²) in [7, 11) is -0.359. The van der Waals surface area contributed by atoms with E-state index in [1.54, 1.807) is 12.4 Å². The second-order valence-electron chi connectivity index (χ2n) is 13.1. The van der Waals surface area contributed by atoms with E-state index in [2.05, 4.69) is 54.0 Å². The molecule has 0 aliphatic rings. The maximum absolute atomic E-state index is 13.1. The van der Waals surface area contributed by atoms with E-state index in [-0.39, 0.29) is 32.5 Å². The van der Waals surface area contributed by atoms with Crippen LogP contribution in [0.4, 0.5) is 13.2 Å². The molecule has 246 valence electrons. The minimum Gasteiger partial charge on any atom is -0.382 e. The topological polar surface area (TPSA) is 130 Å². The normalized spacial score (nSPS) is 13.1.